The van der Waals surface area contributed by atoms with Crippen LogP contribution >= 0.6 is 0 Å². The van der Waals surface area contributed by atoms with Crippen LogP contribution in [0.2, 0.25) is 0 Å². The molecule has 0 fully saturated rings. The molecule has 128 valence electrons. The molecular weight excluding hydrogens is 296 g/mol. The van der Waals surface area contributed by atoms with Gasteiger partial charge in [0.15, 0.2) is 0 Å². The largest absolute Gasteiger partial charge is 0.399 e. The Bertz CT molecular complexity index is 678. The molecule has 2 aromatic carbocycles. The number of carbonyl (C=O) groups is 1. The number of amides is 1. The van der Waals surface area contributed by atoms with Gasteiger partial charge in [0, 0.05) is 17.8 Å². The van der Waals surface area contributed by atoms with E-state index < -0.39 is 0 Å². The summed E-state index contributed by atoms with van der Waals surface area (Å²) in [6, 6.07) is 14.0. The molecule has 0 unspecified atom stereocenters. The van der Waals surface area contributed by atoms with Gasteiger partial charge >= 0.3 is 0 Å². The molecule has 0 saturated carbocycles. The van der Waals surface area contributed by atoms with Crippen LogP contribution in [0.1, 0.15) is 62.6 Å². The maximum atomic E-state index is 12.5. The maximum absolute atomic E-state index is 12.5. The van der Waals surface area contributed by atoms with Crippen LogP contribution in [-0.4, -0.2) is 5.91 Å². The van der Waals surface area contributed by atoms with E-state index >= 15 is 0 Å². The molecule has 0 bridgehead atoms. The minimum Gasteiger partial charge on any atom is -0.399 e. The van der Waals surface area contributed by atoms with Crippen LogP contribution in [0.25, 0.3) is 0 Å². The van der Waals surface area contributed by atoms with Gasteiger partial charge in [-0.25, -0.2) is 0 Å². The van der Waals surface area contributed by atoms with Gasteiger partial charge in [-0.1, -0.05) is 58.0 Å². The SMILES string of the molecule is CC(C)c1cccc(C(C)C)c1NC(=O)CCc1cccc(N)c1. The van der Waals surface area contributed by atoms with E-state index in [2.05, 4.69) is 51.2 Å². The lowest BCUT2D eigenvalue weighted by atomic mass is 9.92. The number of aryl methyl sites for hydroxylation is 1. The third-order valence-corrected chi connectivity index (χ3v) is 4.23. The predicted molar refractivity (Wildman–Crippen MR) is 102 cm³/mol. The van der Waals surface area contributed by atoms with Gasteiger partial charge in [-0.05, 0) is 47.1 Å². The van der Waals surface area contributed by atoms with Crippen molar-refractivity contribution in [1.29, 1.82) is 0 Å². The van der Waals surface area contributed by atoms with Crippen LogP contribution in [-0.2, 0) is 11.2 Å². The number of hydrogen-bond donors (Lipinski definition) is 2. The highest BCUT2D eigenvalue weighted by Gasteiger charge is 2.15. The van der Waals surface area contributed by atoms with Gasteiger partial charge in [0.1, 0.15) is 0 Å². The van der Waals surface area contributed by atoms with Crippen LogP contribution in [0, 0.1) is 0 Å². The molecule has 0 spiro atoms. The number of nitrogen functional groups attached to an aromatic ring is 1. The molecule has 2 rings (SSSR count). The first-order valence-corrected chi connectivity index (χ1v) is 8.65. The van der Waals surface area contributed by atoms with Crippen molar-refractivity contribution >= 4 is 17.3 Å². The number of benzene rings is 2. The monoisotopic (exact) mass is 324 g/mol. The molecule has 2 aromatic rings. The molecular formula is C21H28N2O. The molecule has 3 nitrogen and oxygen atoms in total. The third-order valence-electron chi connectivity index (χ3n) is 4.23. The topological polar surface area (TPSA) is 55.1 Å². The molecule has 0 atom stereocenters. The molecule has 1 amide bonds. The maximum Gasteiger partial charge on any atom is 0.224 e. The van der Waals surface area contributed by atoms with E-state index in [-0.39, 0.29) is 5.91 Å². The molecule has 0 aliphatic heterocycles. The standard InChI is InChI=1S/C21H28N2O/c1-14(2)18-9-6-10-19(15(3)4)21(18)23-20(24)12-11-16-7-5-8-17(22)13-16/h5-10,13-15H,11-12,22H2,1-4H3,(H,23,24). The van der Waals surface area contributed by atoms with E-state index in [1.807, 2.05) is 24.3 Å². The Morgan fingerprint density at radius 2 is 1.58 bits per heavy atom. The van der Waals surface area contributed by atoms with Crippen molar-refractivity contribution in [3.63, 3.8) is 0 Å². The number of hydrogen-bond acceptors (Lipinski definition) is 2. The van der Waals surface area contributed by atoms with Gasteiger partial charge < -0.3 is 11.1 Å². The zero-order chi connectivity index (χ0) is 17.7. The van der Waals surface area contributed by atoms with E-state index in [4.69, 9.17) is 5.73 Å². The van der Waals surface area contributed by atoms with Gasteiger partial charge in [-0.3, -0.25) is 4.79 Å². The van der Waals surface area contributed by atoms with Crippen molar-refractivity contribution < 1.29 is 4.79 Å². The molecule has 0 saturated heterocycles. The lowest BCUT2D eigenvalue weighted by molar-refractivity contribution is -0.116. The van der Waals surface area contributed by atoms with Crippen LogP contribution in [0.4, 0.5) is 11.4 Å². The van der Waals surface area contributed by atoms with Gasteiger partial charge in [0.05, 0.1) is 0 Å². The van der Waals surface area contributed by atoms with E-state index in [1.54, 1.807) is 0 Å². The summed E-state index contributed by atoms with van der Waals surface area (Å²) < 4.78 is 0. The Hall–Kier alpha value is -2.29. The highest BCUT2D eigenvalue weighted by atomic mass is 16.1. The number of anilines is 2. The molecule has 0 radical (unpaired) electrons. The number of nitrogens with one attached hydrogen (secondary N) is 1. The lowest BCUT2D eigenvalue weighted by Crippen LogP contribution is -2.16. The fraction of sp³-hybridized carbons (Fsp3) is 0.381. The molecule has 3 heteroatoms. The Labute approximate surface area is 145 Å². The normalized spacial score (nSPS) is 11.1. The van der Waals surface area contributed by atoms with Crippen molar-refractivity contribution in [3.05, 3.63) is 59.2 Å². The molecule has 0 aromatic heterocycles. The summed E-state index contributed by atoms with van der Waals surface area (Å²) in [6.07, 6.45) is 1.14. The fourth-order valence-electron chi connectivity index (χ4n) is 2.90. The summed E-state index contributed by atoms with van der Waals surface area (Å²) in [5.41, 5.74) is 11.0. The highest BCUT2D eigenvalue weighted by molar-refractivity contribution is 5.92. The highest BCUT2D eigenvalue weighted by Crippen LogP contribution is 2.32. The lowest BCUT2D eigenvalue weighted by Gasteiger charge is -2.20. The first kappa shape index (κ1) is 18.1. The van der Waals surface area contributed by atoms with E-state index in [0.29, 0.717) is 24.7 Å². The Balaban J connectivity index is 2.13. The first-order valence-electron chi connectivity index (χ1n) is 8.65. The number of rotatable bonds is 6. The van der Waals surface area contributed by atoms with Gasteiger partial charge in [-0.2, -0.15) is 0 Å². The molecule has 0 heterocycles. The number of carbonyl (C=O) groups excluding carboxylic acids is 1. The number of para-hydroxylation sites is 1. The van der Waals surface area contributed by atoms with Gasteiger partial charge in [0.2, 0.25) is 5.91 Å². The van der Waals surface area contributed by atoms with Crippen molar-refractivity contribution in [3.8, 4) is 0 Å². The minimum atomic E-state index is 0.0485. The Kier molecular flexibility index (Phi) is 6.02. The second kappa shape index (κ2) is 8.00. The summed E-state index contributed by atoms with van der Waals surface area (Å²) in [7, 11) is 0. The predicted octanol–water partition coefficient (Wildman–Crippen LogP) is 5.09. The summed E-state index contributed by atoms with van der Waals surface area (Å²) >= 11 is 0. The average Bonchev–Trinajstić information content (AvgIpc) is 2.52. The molecule has 0 aliphatic rings. The fourth-order valence-corrected chi connectivity index (χ4v) is 2.90. The van der Waals surface area contributed by atoms with Crippen LogP contribution in [0.3, 0.4) is 0 Å². The smallest absolute Gasteiger partial charge is 0.224 e. The second-order valence-electron chi connectivity index (χ2n) is 6.91. The van der Waals surface area contributed by atoms with E-state index in [1.165, 1.54) is 11.1 Å². The quantitative estimate of drug-likeness (QED) is 0.727. The van der Waals surface area contributed by atoms with Gasteiger partial charge in [-0.15, -0.1) is 0 Å². The zero-order valence-electron chi connectivity index (χ0n) is 15.1. The Morgan fingerprint density at radius 3 is 2.12 bits per heavy atom. The van der Waals surface area contributed by atoms with Crippen LogP contribution in [0.15, 0.2) is 42.5 Å². The van der Waals surface area contributed by atoms with Crippen molar-refractivity contribution in [2.75, 3.05) is 11.1 Å². The zero-order valence-corrected chi connectivity index (χ0v) is 15.1. The Morgan fingerprint density at radius 1 is 1.00 bits per heavy atom. The minimum absolute atomic E-state index is 0.0485. The number of nitrogens with two attached hydrogens (primary N) is 1. The summed E-state index contributed by atoms with van der Waals surface area (Å²) in [4.78, 5) is 12.5. The van der Waals surface area contributed by atoms with Crippen LogP contribution in [0.5, 0.6) is 0 Å². The van der Waals surface area contributed by atoms with Crippen molar-refractivity contribution in [2.24, 2.45) is 0 Å². The summed E-state index contributed by atoms with van der Waals surface area (Å²) in [5, 5.41) is 3.16. The van der Waals surface area contributed by atoms with E-state index in [0.717, 1.165) is 16.9 Å². The van der Waals surface area contributed by atoms with E-state index in [9.17, 15) is 4.79 Å². The molecule has 24 heavy (non-hydrogen) atoms. The molecule has 0 aliphatic carbocycles. The second-order valence-corrected chi connectivity index (χ2v) is 6.91. The molecule has 3 N–H and O–H groups in total. The average molecular weight is 324 g/mol. The first-order chi connectivity index (χ1) is 11.4. The van der Waals surface area contributed by atoms with Gasteiger partial charge in [0.25, 0.3) is 0 Å². The summed E-state index contributed by atoms with van der Waals surface area (Å²) in [5.74, 6) is 0.785. The third kappa shape index (κ3) is 4.60. The van der Waals surface area contributed by atoms with Crippen molar-refractivity contribution in [2.45, 2.75) is 52.4 Å². The van der Waals surface area contributed by atoms with Crippen LogP contribution < -0.4 is 11.1 Å². The summed E-state index contributed by atoms with van der Waals surface area (Å²) in [6.45, 7) is 8.62. The van der Waals surface area contributed by atoms with Crippen molar-refractivity contribution in [1.82, 2.24) is 0 Å².